The molecule has 4 rings (SSSR count). The van der Waals surface area contributed by atoms with E-state index < -0.39 is 29.4 Å². The molecule has 4 unspecified atom stereocenters. The predicted octanol–water partition coefficient (Wildman–Crippen LogP) is 9.99. The number of nitrogen functional groups attached to an aromatic ring is 1. The van der Waals surface area contributed by atoms with E-state index in [-0.39, 0.29) is 30.0 Å². The number of aliphatic carboxylic acids is 1. The third-order valence-electron chi connectivity index (χ3n) is 10.7. The molecular formula is C61H98N8O10P4. The quantitative estimate of drug-likeness (QED) is 0.0153. The SMILES string of the molecule is CC(C)(C)OC(=O)NCCCCCC(=O)Nc1cccc(P)c1.CC(C)(C)OC(=O)NCCCCCC(=O)O.CCC(=O)NCCCCCC(=O)Nc1cccc(P)c1.NCCCCCC(=O)Nc1cccc(P)c1.Nc1cccc(P)c1. The van der Waals surface area contributed by atoms with E-state index in [9.17, 15) is 33.6 Å². The van der Waals surface area contributed by atoms with Gasteiger partial charge in [-0.05, 0) is 169 Å². The number of carboxylic acid groups (broad SMARTS) is 1. The second-order valence-electron chi connectivity index (χ2n) is 21.2. The normalized spacial score (nSPS) is 10.4. The first-order valence-electron chi connectivity index (χ1n) is 28.4. The Balaban J connectivity index is 0.00000104. The van der Waals surface area contributed by atoms with Gasteiger partial charge in [0.1, 0.15) is 11.2 Å². The zero-order valence-corrected chi connectivity index (χ0v) is 54.8. The van der Waals surface area contributed by atoms with E-state index in [1.54, 1.807) is 20.8 Å². The molecule has 0 saturated carbocycles. The number of nitrogens with two attached hydrogens (primary N) is 2. The van der Waals surface area contributed by atoms with Crippen molar-refractivity contribution < 1.29 is 48.1 Å². The number of carboxylic acids is 1. The van der Waals surface area contributed by atoms with Crippen LogP contribution in [0.1, 0.15) is 158 Å². The maximum Gasteiger partial charge on any atom is 0.407 e. The van der Waals surface area contributed by atoms with Crippen LogP contribution in [0.3, 0.4) is 0 Å². The van der Waals surface area contributed by atoms with Crippen molar-refractivity contribution in [2.75, 3.05) is 47.9 Å². The summed E-state index contributed by atoms with van der Waals surface area (Å²) in [7, 11) is 10.4. The molecule has 0 spiro atoms. The van der Waals surface area contributed by atoms with Crippen LogP contribution in [0.25, 0.3) is 0 Å². The van der Waals surface area contributed by atoms with Gasteiger partial charge in [-0.2, -0.15) is 0 Å². The lowest BCUT2D eigenvalue weighted by Gasteiger charge is -2.19. The minimum absolute atomic E-state index is 0.0145. The highest BCUT2D eigenvalue weighted by Crippen LogP contribution is 2.12. The molecule has 0 fully saturated rings. The van der Waals surface area contributed by atoms with Gasteiger partial charge in [-0.25, -0.2) is 9.59 Å². The second kappa shape index (κ2) is 46.6. The van der Waals surface area contributed by atoms with Crippen molar-refractivity contribution in [3.05, 3.63) is 97.1 Å². The van der Waals surface area contributed by atoms with Gasteiger partial charge in [0.2, 0.25) is 23.6 Å². The highest BCUT2D eigenvalue weighted by molar-refractivity contribution is 7.28. The van der Waals surface area contributed by atoms with Crippen molar-refractivity contribution in [1.82, 2.24) is 16.0 Å². The van der Waals surface area contributed by atoms with Crippen LogP contribution in [-0.2, 0) is 33.4 Å². The van der Waals surface area contributed by atoms with Crippen molar-refractivity contribution in [3.63, 3.8) is 0 Å². The van der Waals surface area contributed by atoms with E-state index in [4.69, 9.17) is 26.0 Å². The maximum absolute atomic E-state index is 11.8. The van der Waals surface area contributed by atoms with Gasteiger partial charge in [0.25, 0.3) is 0 Å². The number of rotatable bonds is 27. The van der Waals surface area contributed by atoms with Crippen LogP contribution in [0.15, 0.2) is 97.1 Å². The summed E-state index contributed by atoms with van der Waals surface area (Å²) in [5, 5.41) is 29.5. The third-order valence-corrected chi connectivity index (χ3v) is 12.2. The first-order valence-corrected chi connectivity index (χ1v) is 30.7. The van der Waals surface area contributed by atoms with Crippen molar-refractivity contribution >= 4 is 123 Å². The lowest BCUT2D eigenvalue weighted by atomic mass is 10.2. The van der Waals surface area contributed by atoms with E-state index in [1.165, 1.54) is 0 Å². The fourth-order valence-corrected chi connectivity index (χ4v) is 7.98. The Morgan fingerprint density at radius 1 is 0.446 bits per heavy atom. The molecular weight excluding hydrogens is 1130 g/mol. The molecule has 6 amide bonds. The van der Waals surface area contributed by atoms with Crippen LogP contribution in [0.2, 0.25) is 0 Å². The molecule has 4 aromatic carbocycles. The molecule has 83 heavy (non-hydrogen) atoms. The summed E-state index contributed by atoms with van der Waals surface area (Å²) in [4.78, 5) is 78.9. The zero-order valence-electron chi connectivity index (χ0n) is 50.2. The van der Waals surface area contributed by atoms with E-state index in [1.807, 2.05) is 125 Å². The number of benzene rings is 4. The Hall–Kier alpha value is -5.75. The number of nitrogens with one attached hydrogen (secondary N) is 6. The van der Waals surface area contributed by atoms with Gasteiger partial charge >= 0.3 is 18.2 Å². The molecule has 0 aliphatic rings. The predicted molar refractivity (Wildman–Crippen MR) is 356 cm³/mol. The van der Waals surface area contributed by atoms with E-state index in [0.717, 1.165) is 115 Å². The van der Waals surface area contributed by atoms with Gasteiger partial charge in [0.15, 0.2) is 0 Å². The fraction of sp³-hybridized carbons (Fsp3) is 0.492. The number of anilines is 4. The number of hydrogen-bond acceptors (Lipinski definition) is 11. The van der Waals surface area contributed by atoms with Gasteiger partial charge in [0.05, 0.1) is 0 Å². The van der Waals surface area contributed by atoms with Crippen LogP contribution in [0, 0.1) is 0 Å². The zero-order chi connectivity index (χ0) is 62.5. The van der Waals surface area contributed by atoms with E-state index >= 15 is 0 Å². The van der Waals surface area contributed by atoms with Crippen LogP contribution in [-0.4, -0.2) is 84.3 Å². The minimum atomic E-state index is -0.778. The summed E-state index contributed by atoms with van der Waals surface area (Å²) in [6.45, 7) is 15.2. The van der Waals surface area contributed by atoms with Gasteiger partial charge in [-0.15, -0.1) is 37.0 Å². The molecule has 0 aromatic heterocycles. The number of hydrogen-bond donors (Lipinski definition) is 9. The van der Waals surface area contributed by atoms with Crippen LogP contribution in [0.4, 0.5) is 32.3 Å². The molecule has 462 valence electrons. The minimum Gasteiger partial charge on any atom is -0.481 e. The number of alkyl carbamates (subject to hydrolysis) is 2. The second-order valence-corrected chi connectivity index (χ2v) is 23.8. The summed E-state index contributed by atoms with van der Waals surface area (Å²) in [6.07, 6.45) is 11.8. The molecule has 4 aromatic rings. The highest BCUT2D eigenvalue weighted by Gasteiger charge is 2.16. The summed E-state index contributed by atoms with van der Waals surface area (Å²) in [6, 6.07) is 30.7. The molecule has 0 radical (unpaired) electrons. The fourth-order valence-electron chi connectivity index (χ4n) is 6.80. The summed E-state index contributed by atoms with van der Waals surface area (Å²) < 4.78 is 10.2. The lowest BCUT2D eigenvalue weighted by molar-refractivity contribution is -0.137. The van der Waals surface area contributed by atoms with Crippen molar-refractivity contribution in [3.8, 4) is 0 Å². The van der Waals surface area contributed by atoms with E-state index in [2.05, 4.69) is 68.9 Å². The number of carbonyl (C=O) groups is 7. The third kappa shape index (κ3) is 50.5. The molecule has 11 N–H and O–H groups in total. The Morgan fingerprint density at radius 2 is 0.771 bits per heavy atom. The largest absolute Gasteiger partial charge is 0.481 e. The maximum atomic E-state index is 11.8. The summed E-state index contributed by atoms with van der Waals surface area (Å²) in [5.74, 6) is -0.563. The summed E-state index contributed by atoms with van der Waals surface area (Å²) >= 11 is 0. The molecule has 0 aliphatic carbocycles. The average molecular weight is 1230 g/mol. The summed E-state index contributed by atoms with van der Waals surface area (Å²) in [5.41, 5.74) is 13.2. The van der Waals surface area contributed by atoms with Crippen LogP contribution < -0.4 is 64.6 Å². The van der Waals surface area contributed by atoms with Gasteiger partial charge in [0, 0.05) is 74.5 Å². The Morgan fingerprint density at radius 3 is 1.06 bits per heavy atom. The molecule has 0 saturated heterocycles. The topological polar surface area (TPSA) is 282 Å². The van der Waals surface area contributed by atoms with Crippen LogP contribution >= 0.6 is 37.0 Å². The first-order chi connectivity index (χ1) is 39.2. The standard InChI is InChI=1S/C17H27N2O3P.C15H23N2O2P.C12H19N2OP.C11H21NO4.C6H8NP/c1-17(2,3)22-16(21)18-11-6-4-5-10-15(20)19-13-8-7-9-14(23)12-13;1-2-14(18)16-10-5-3-4-9-15(19)17-12-7-6-8-13(20)11-12;13-8-3-1-2-7-12(15)14-10-5-4-6-11(16)9-10;1-11(2,3)16-10(15)12-8-6-4-5-7-9(13)14;7-5-2-1-3-6(8)4-5/h7-9,12H,4-6,10-11,23H2,1-3H3,(H,18,21)(H,19,20);6-8,11H,2-5,9-10,20H2,1H3,(H,16,18)(H,17,19);4-6,9H,1-3,7-8,13,16H2,(H,14,15);4-8H2,1-3H3,(H,12,15)(H,13,14);1-4H,7-8H2. The average Bonchev–Trinajstić information content (AvgIpc) is 3.40. The Bertz CT molecular complexity index is 2490. The number of unbranched alkanes of at least 4 members (excludes halogenated alkanes) is 8. The van der Waals surface area contributed by atoms with Crippen molar-refractivity contribution in [2.24, 2.45) is 5.73 Å². The van der Waals surface area contributed by atoms with Crippen molar-refractivity contribution in [1.29, 1.82) is 0 Å². The molecule has 0 heterocycles. The van der Waals surface area contributed by atoms with E-state index in [0.29, 0.717) is 58.3 Å². The number of amides is 6. The molecule has 4 atom stereocenters. The lowest BCUT2D eigenvalue weighted by Crippen LogP contribution is -2.33. The van der Waals surface area contributed by atoms with Crippen LogP contribution in [0.5, 0.6) is 0 Å². The molecule has 18 nitrogen and oxygen atoms in total. The molecule has 0 bridgehead atoms. The smallest absolute Gasteiger partial charge is 0.407 e. The van der Waals surface area contributed by atoms with Crippen molar-refractivity contribution in [2.45, 2.75) is 169 Å². The highest BCUT2D eigenvalue weighted by atomic mass is 31.0. The molecule has 0 aliphatic heterocycles. The number of ether oxygens (including phenoxy) is 2. The van der Waals surface area contributed by atoms with Gasteiger partial charge in [-0.1, -0.05) is 81.1 Å². The Labute approximate surface area is 504 Å². The van der Waals surface area contributed by atoms with Gasteiger partial charge in [-0.3, -0.25) is 24.0 Å². The van der Waals surface area contributed by atoms with Gasteiger partial charge < -0.3 is 57.9 Å². The number of carbonyl (C=O) groups excluding carboxylic acids is 6. The Kier molecular flexibility index (Phi) is 43.4. The first kappa shape index (κ1) is 77.2. The monoisotopic (exact) mass is 1230 g/mol. The molecule has 22 heteroatoms.